The molecule has 0 amide bonds. The zero-order valence-electron chi connectivity index (χ0n) is 6.55. The van der Waals surface area contributed by atoms with Gasteiger partial charge in [0.25, 0.3) is 0 Å². The zero-order valence-corrected chi connectivity index (χ0v) is 7.37. The van der Waals surface area contributed by atoms with E-state index in [0.717, 1.165) is 11.7 Å². The first kappa shape index (κ1) is 9.31. The number of hydrogen-bond donors (Lipinski definition) is 1. The molecule has 56 valence electrons. The maximum Gasteiger partial charge on any atom is 0.0101 e. The van der Waals surface area contributed by atoms with Gasteiger partial charge in [-0.15, -0.1) is 0 Å². The van der Waals surface area contributed by atoms with Crippen LogP contribution in [0, 0.1) is 5.92 Å². The van der Waals surface area contributed by atoms with Gasteiger partial charge in [-0.2, -0.15) is 11.8 Å². The van der Waals surface area contributed by atoms with Gasteiger partial charge in [0.1, 0.15) is 0 Å². The van der Waals surface area contributed by atoms with Crippen molar-refractivity contribution >= 4 is 11.8 Å². The molecular weight excluding hydrogens is 130 g/mol. The van der Waals surface area contributed by atoms with Gasteiger partial charge >= 0.3 is 0 Å². The SMILES string of the molecule is CC(C)CSC[C@H](C)N. The van der Waals surface area contributed by atoms with E-state index in [4.69, 9.17) is 5.73 Å². The molecule has 0 radical (unpaired) electrons. The van der Waals surface area contributed by atoms with Gasteiger partial charge < -0.3 is 5.73 Å². The van der Waals surface area contributed by atoms with Crippen LogP contribution in [-0.2, 0) is 0 Å². The third kappa shape index (κ3) is 8.31. The second kappa shape index (κ2) is 5.12. The van der Waals surface area contributed by atoms with Crippen molar-refractivity contribution in [1.29, 1.82) is 0 Å². The standard InChI is InChI=1S/C7H17NS/c1-6(2)4-9-5-7(3)8/h6-7H,4-5,8H2,1-3H3/t7-/m0/s1. The Morgan fingerprint density at radius 1 is 1.22 bits per heavy atom. The summed E-state index contributed by atoms with van der Waals surface area (Å²) in [6.07, 6.45) is 0. The number of rotatable bonds is 4. The lowest BCUT2D eigenvalue weighted by Gasteiger charge is -2.05. The fourth-order valence-corrected chi connectivity index (χ4v) is 1.47. The summed E-state index contributed by atoms with van der Waals surface area (Å²) in [5.74, 6) is 3.13. The van der Waals surface area contributed by atoms with Crippen LogP contribution in [0.4, 0.5) is 0 Å². The van der Waals surface area contributed by atoms with E-state index in [-0.39, 0.29) is 0 Å². The van der Waals surface area contributed by atoms with E-state index in [1.165, 1.54) is 5.75 Å². The first-order valence-electron chi connectivity index (χ1n) is 3.46. The predicted octanol–water partition coefficient (Wildman–Crippen LogP) is 1.72. The Labute approximate surface area is 62.4 Å². The van der Waals surface area contributed by atoms with E-state index in [2.05, 4.69) is 13.8 Å². The molecule has 0 aromatic rings. The summed E-state index contributed by atoms with van der Waals surface area (Å²) in [7, 11) is 0. The summed E-state index contributed by atoms with van der Waals surface area (Å²) in [6.45, 7) is 6.51. The van der Waals surface area contributed by atoms with E-state index in [9.17, 15) is 0 Å². The van der Waals surface area contributed by atoms with Gasteiger partial charge in [0.15, 0.2) is 0 Å². The van der Waals surface area contributed by atoms with Crippen LogP contribution < -0.4 is 5.73 Å². The second-order valence-corrected chi connectivity index (χ2v) is 3.98. The molecule has 0 saturated carbocycles. The highest BCUT2D eigenvalue weighted by Crippen LogP contribution is 2.07. The molecular formula is C7H17NS. The zero-order chi connectivity index (χ0) is 7.28. The fourth-order valence-electron chi connectivity index (χ4n) is 0.490. The monoisotopic (exact) mass is 147 g/mol. The maximum atomic E-state index is 5.56. The van der Waals surface area contributed by atoms with Gasteiger partial charge in [0.05, 0.1) is 0 Å². The molecule has 1 nitrogen and oxygen atoms in total. The van der Waals surface area contributed by atoms with E-state index >= 15 is 0 Å². The normalized spacial score (nSPS) is 14.3. The molecule has 0 aromatic heterocycles. The molecule has 2 heteroatoms. The van der Waals surface area contributed by atoms with Crippen LogP contribution in [0.5, 0.6) is 0 Å². The van der Waals surface area contributed by atoms with E-state index in [0.29, 0.717) is 6.04 Å². The molecule has 0 fully saturated rings. The van der Waals surface area contributed by atoms with Crippen LogP contribution >= 0.6 is 11.8 Å². The van der Waals surface area contributed by atoms with Gasteiger partial charge in [0.2, 0.25) is 0 Å². The van der Waals surface area contributed by atoms with Gasteiger partial charge in [-0.1, -0.05) is 13.8 Å². The number of thioether (sulfide) groups is 1. The summed E-state index contributed by atoms with van der Waals surface area (Å²) in [5, 5.41) is 0. The Kier molecular flexibility index (Phi) is 5.30. The minimum Gasteiger partial charge on any atom is -0.327 e. The molecule has 1 atom stereocenters. The van der Waals surface area contributed by atoms with Crippen molar-refractivity contribution in [3.8, 4) is 0 Å². The number of hydrogen-bond acceptors (Lipinski definition) is 2. The summed E-state index contributed by atoms with van der Waals surface area (Å²) in [6, 6.07) is 0.355. The Morgan fingerprint density at radius 2 is 1.78 bits per heavy atom. The van der Waals surface area contributed by atoms with Crippen LogP contribution in [0.2, 0.25) is 0 Å². The molecule has 0 rings (SSSR count). The second-order valence-electron chi connectivity index (χ2n) is 2.91. The van der Waals surface area contributed by atoms with Gasteiger partial charge in [0, 0.05) is 11.8 Å². The molecule has 9 heavy (non-hydrogen) atoms. The largest absolute Gasteiger partial charge is 0.327 e. The molecule has 0 unspecified atom stereocenters. The third-order valence-electron chi connectivity index (χ3n) is 0.832. The number of nitrogens with two attached hydrogens (primary N) is 1. The third-order valence-corrected chi connectivity index (χ3v) is 2.50. The van der Waals surface area contributed by atoms with E-state index in [1.807, 2.05) is 18.7 Å². The van der Waals surface area contributed by atoms with E-state index in [1.54, 1.807) is 0 Å². The van der Waals surface area contributed by atoms with Crippen molar-refractivity contribution in [3.63, 3.8) is 0 Å². The van der Waals surface area contributed by atoms with Crippen LogP contribution in [0.3, 0.4) is 0 Å². The smallest absolute Gasteiger partial charge is 0.0101 e. The Morgan fingerprint density at radius 3 is 2.11 bits per heavy atom. The average Bonchev–Trinajstić information content (AvgIpc) is 1.63. The molecule has 0 aliphatic carbocycles. The van der Waals surface area contributed by atoms with Crippen molar-refractivity contribution < 1.29 is 0 Å². The summed E-state index contributed by atoms with van der Waals surface area (Å²) >= 11 is 1.94. The summed E-state index contributed by atoms with van der Waals surface area (Å²) in [5.41, 5.74) is 5.56. The van der Waals surface area contributed by atoms with Crippen LogP contribution in [0.15, 0.2) is 0 Å². The Bertz CT molecular complexity index is 53.9. The van der Waals surface area contributed by atoms with Gasteiger partial charge in [-0.3, -0.25) is 0 Å². The molecule has 0 heterocycles. The molecule has 0 aliphatic rings. The minimum atomic E-state index is 0.355. The average molecular weight is 147 g/mol. The summed E-state index contributed by atoms with van der Waals surface area (Å²) < 4.78 is 0. The van der Waals surface area contributed by atoms with Crippen LogP contribution in [-0.4, -0.2) is 17.5 Å². The molecule has 0 aromatic carbocycles. The highest BCUT2D eigenvalue weighted by Gasteiger charge is 1.96. The predicted molar refractivity (Wildman–Crippen MR) is 45.8 cm³/mol. The molecule has 0 bridgehead atoms. The van der Waals surface area contributed by atoms with Crippen molar-refractivity contribution in [1.82, 2.24) is 0 Å². The highest BCUT2D eigenvalue weighted by atomic mass is 32.2. The van der Waals surface area contributed by atoms with Crippen molar-refractivity contribution in [2.24, 2.45) is 11.7 Å². The van der Waals surface area contributed by atoms with Crippen LogP contribution in [0.1, 0.15) is 20.8 Å². The molecule has 0 spiro atoms. The lowest BCUT2D eigenvalue weighted by atomic mass is 10.3. The Balaban J connectivity index is 2.91. The minimum absolute atomic E-state index is 0.355. The molecule has 2 N–H and O–H groups in total. The molecule has 0 saturated heterocycles. The summed E-state index contributed by atoms with van der Waals surface area (Å²) in [4.78, 5) is 0. The maximum absolute atomic E-state index is 5.56. The Hall–Kier alpha value is 0.310. The van der Waals surface area contributed by atoms with Crippen molar-refractivity contribution in [2.75, 3.05) is 11.5 Å². The molecule has 0 aliphatic heterocycles. The topological polar surface area (TPSA) is 26.0 Å². The van der Waals surface area contributed by atoms with Crippen LogP contribution in [0.25, 0.3) is 0 Å². The lowest BCUT2D eigenvalue weighted by Crippen LogP contribution is -2.18. The van der Waals surface area contributed by atoms with Crippen molar-refractivity contribution in [2.45, 2.75) is 26.8 Å². The van der Waals surface area contributed by atoms with Gasteiger partial charge in [-0.25, -0.2) is 0 Å². The first-order valence-corrected chi connectivity index (χ1v) is 4.61. The highest BCUT2D eigenvalue weighted by molar-refractivity contribution is 7.99. The quantitative estimate of drug-likeness (QED) is 0.655. The van der Waals surface area contributed by atoms with Crippen molar-refractivity contribution in [3.05, 3.63) is 0 Å². The lowest BCUT2D eigenvalue weighted by molar-refractivity contribution is 0.747. The van der Waals surface area contributed by atoms with E-state index < -0.39 is 0 Å². The fraction of sp³-hybridized carbons (Fsp3) is 1.00. The van der Waals surface area contributed by atoms with Gasteiger partial charge in [-0.05, 0) is 18.6 Å². The first-order chi connectivity index (χ1) is 4.13.